The second kappa shape index (κ2) is 8.52. The van der Waals surface area contributed by atoms with Crippen molar-refractivity contribution in [1.82, 2.24) is 10.2 Å². The summed E-state index contributed by atoms with van der Waals surface area (Å²) >= 11 is 0. The number of rotatable bonds is 5. The van der Waals surface area contributed by atoms with E-state index in [4.69, 9.17) is 4.74 Å². The molecule has 5 nitrogen and oxygen atoms in total. The Bertz CT molecular complexity index is 656. The third-order valence-corrected chi connectivity index (χ3v) is 5.48. The lowest BCUT2D eigenvalue weighted by Gasteiger charge is -2.27. The third-order valence-electron chi connectivity index (χ3n) is 5.48. The monoisotopic (exact) mass is 362 g/mol. The molecule has 0 aromatic heterocycles. The smallest absolute Gasteiger partial charge is 0.225 e. The molecule has 0 bridgehead atoms. The molecule has 1 saturated heterocycles. The van der Waals surface area contributed by atoms with Gasteiger partial charge in [-0.05, 0) is 30.5 Å². The van der Waals surface area contributed by atoms with Crippen LogP contribution in [0.3, 0.4) is 0 Å². The Hall–Kier alpha value is -2.11. The van der Waals surface area contributed by atoms with Gasteiger partial charge in [-0.15, -0.1) is 0 Å². The summed E-state index contributed by atoms with van der Waals surface area (Å²) in [5, 5.41) is 2.84. The van der Waals surface area contributed by atoms with E-state index in [0.717, 1.165) is 25.7 Å². The molecule has 1 aromatic rings. The normalized spacial score (nSPS) is 21.5. The first kappa shape index (κ1) is 18.7. The number of ether oxygens (including phenoxy) is 1. The molecule has 1 N–H and O–H groups in total. The second-order valence-corrected chi connectivity index (χ2v) is 7.28. The summed E-state index contributed by atoms with van der Waals surface area (Å²) < 4.78 is 18.6. The van der Waals surface area contributed by atoms with Crippen molar-refractivity contribution < 1.29 is 18.7 Å². The molecule has 26 heavy (non-hydrogen) atoms. The quantitative estimate of drug-likeness (QED) is 0.819. The highest BCUT2D eigenvalue weighted by atomic mass is 19.1. The average molecular weight is 362 g/mol. The number of likely N-dealkylation sites (tertiary alicyclic amines) is 1. The molecule has 0 spiro atoms. The number of carbonyl (C=O) groups excluding carboxylic acids is 2. The standard InChI is InChI=1S/C20H27FN2O3/c1-26-18-9-8-14(10-17(18)21)12-22-20(25)15-11-19(24)23(13-15)16-6-4-2-3-5-7-16/h8-10,15-16H,2-7,11-13H2,1H3,(H,22,25). The van der Waals surface area contributed by atoms with E-state index in [9.17, 15) is 14.0 Å². The van der Waals surface area contributed by atoms with Gasteiger partial charge in [0.1, 0.15) is 0 Å². The predicted octanol–water partition coefficient (Wildman–Crippen LogP) is 3.02. The van der Waals surface area contributed by atoms with Crippen molar-refractivity contribution in [2.24, 2.45) is 5.92 Å². The van der Waals surface area contributed by atoms with E-state index < -0.39 is 5.82 Å². The van der Waals surface area contributed by atoms with Crippen LogP contribution in [0.1, 0.15) is 50.5 Å². The molecule has 0 radical (unpaired) electrons. The van der Waals surface area contributed by atoms with Crippen LogP contribution in [-0.2, 0) is 16.1 Å². The van der Waals surface area contributed by atoms with Gasteiger partial charge in [0, 0.05) is 25.6 Å². The predicted molar refractivity (Wildman–Crippen MR) is 96.1 cm³/mol. The van der Waals surface area contributed by atoms with Crippen molar-refractivity contribution in [3.63, 3.8) is 0 Å². The summed E-state index contributed by atoms with van der Waals surface area (Å²) in [6.45, 7) is 0.750. The van der Waals surface area contributed by atoms with Gasteiger partial charge in [-0.25, -0.2) is 4.39 Å². The molecule has 2 amide bonds. The highest BCUT2D eigenvalue weighted by Gasteiger charge is 2.37. The van der Waals surface area contributed by atoms with Crippen LogP contribution in [-0.4, -0.2) is 36.4 Å². The van der Waals surface area contributed by atoms with Gasteiger partial charge < -0.3 is 15.0 Å². The Balaban J connectivity index is 1.53. The zero-order valence-electron chi connectivity index (χ0n) is 15.3. The number of nitrogens with zero attached hydrogens (tertiary/aromatic N) is 1. The number of halogens is 1. The van der Waals surface area contributed by atoms with Crippen LogP contribution in [0.15, 0.2) is 18.2 Å². The molecule has 1 aromatic carbocycles. The van der Waals surface area contributed by atoms with Crippen molar-refractivity contribution in [2.75, 3.05) is 13.7 Å². The number of amides is 2. The molecule has 142 valence electrons. The largest absolute Gasteiger partial charge is 0.494 e. The Kier molecular flexibility index (Phi) is 6.12. The number of benzene rings is 1. The highest BCUT2D eigenvalue weighted by molar-refractivity contribution is 5.89. The topological polar surface area (TPSA) is 58.6 Å². The Morgan fingerprint density at radius 2 is 2.00 bits per heavy atom. The molecule has 2 aliphatic rings. The molecule has 1 aliphatic carbocycles. The van der Waals surface area contributed by atoms with E-state index in [1.54, 1.807) is 12.1 Å². The zero-order valence-corrected chi connectivity index (χ0v) is 15.3. The van der Waals surface area contributed by atoms with Crippen molar-refractivity contribution >= 4 is 11.8 Å². The van der Waals surface area contributed by atoms with Crippen molar-refractivity contribution in [3.8, 4) is 5.75 Å². The van der Waals surface area contributed by atoms with E-state index in [1.165, 1.54) is 26.0 Å². The molecule has 1 atom stereocenters. The van der Waals surface area contributed by atoms with E-state index in [-0.39, 0.29) is 36.4 Å². The first-order valence-electron chi connectivity index (χ1n) is 9.48. The molecular weight excluding hydrogens is 335 g/mol. The van der Waals surface area contributed by atoms with Gasteiger partial charge >= 0.3 is 0 Å². The van der Waals surface area contributed by atoms with Crippen molar-refractivity contribution in [2.45, 2.75) is 57.5 Å². The lowest BCUT2D eigenvalue weighted by Crippen LogP contribution is -2.38. The summed E-state index contributed by atoms with van der Waals surface area (Å²) in [6, 6.07) is 4.92. The molecule has 1 saturated carbocycles. The summed E-state index contributed by atoms with van der Waals surface area (Å²) in [5.74, 6) is -0.623. The Labute approximate surface area is 153 Å². The van der Waals surface area contributed by atoms with E-state index >= 15 is 0 Å². The number of carbonyl (C=O) groups is 2. The Morgan fingerprint density at radius 3 is 2.65 bits per heavy atom. The van der Waals surface area contributed by atoms with Gasteiger partial charge in [0.25, 0.3) is 0 Å². The fraction of sp³-hybridized carbons (Fsp3) is 0.600. The summed E-state index contributed by atoms with van der Waals surface area (Å²) in [6.07, 6.45) is 7.17. The molecule has 1 unspecified atom stereocenters. The summed E-state index contributed by atoms with van der Waals surface area (Å²) in [7, 11) is 1.41. The molecule has 1 aliphatic heterocycles. The lowest BCUT2D eigenvalue weighted by atomic mass is 10.1. The first-order valence-corrected chi connectivity index (χ1v) is 9.48. The van der Waals surface area contributed by atoms with Gasteiger partial charge in [-0.1, -0.05) is 31.7 Å². The lowest BCUT2D eigenvalue weighted by molar-refractivity contribution is -0.130. The van der Waals surface area contributed by atoms with E-state index in [2.05, 4.69) is 5.32 Å². The van der Waals surface area contributed by atoms with Crippen LogP contribution in [0.25, 0.3) is 0 Å². The second-order valence-electron chi connectivity index (χ2n) is 7.28. The van der Waals surface area contributed by atoms with Gasteiger partial charge in [-0.3, -0.25) is 9.59 Å². The maximum absolute atomic E-state index is 13.7. The van der Waals surface area contributed by atoms with Gasteiger partial charge in [0.05, 0.1) is 13.0 Å². The maximum Gasteiger partial charge on any atom is 0.225 e. The summed E-state index contributed by atoms with van der Waals surface area (Å²) in [4.78, 5) is 26.8. The third kappa shape index (κ3) is 4.34. The minimum Gasteiger partial charge on any atom is -0.494 e. The Morgan fingerprint density at radius 1 is 1.27 bits per heavy atom. The fourth-order valence-electron chi connectivity index (χ4n) is 3.98. The highest BCUT2D eigenvalue weighted by Crippen LogP contribution is 2.28. The molecule has 1 heterocycles. The minimum atomic E-state index is -0.449. The molecule has 3 rings (SSSR count). The van der Waals surface area contributed by atoms with Crippen LogP contribution in [0, 0.1) is 11.7 Å². The number of hydrogen-bond donors (Lipinski definition) is 1. The maximum atomic E-state index is 13.7. The number of nitrogens with one attached hydrogen (secondary N) is 1. The first-order chi connectivity index (χ1) is 12.6. The minimum absolute atomic E-state index is 0.0903. The SMILES string of the molecule is COc1ccc(CNC(=O)C2CC(=O)N(C3CCCCCC3)C2)cc1F. The number of methoxy groups -OCH3 is 1. The van der Waals surface area contributed by atoms with Crippen LogP contribution < -0.4 is 10.1 Å². The zero-order chi connectivity index (χ0) is 18.5. The van der Waals surface area contributed by atoms with Gasteiger partial charge in [-0.2, -0.15) is 0 Å². The van der Waals surface area contributed by atoms with Crippen molar-refractivity contribution in [1.29, 1.82) is 0 Å². The molecule has 6 heteroatoms. The van der Waals surface area contributed by atoms with Crippen LogP contribution in [0.5, 0.6) is 5.75 Å². The number of hydrogen-bond acceptors (Lipinski definition) is 3. The molecule has 2 fully saturated rings. The van der Waals surface area contributed by atoms with Crippen LogP contribution in [0.2, 0.25) is 0 Å². The van der Waals surface area contributed by atoms with Crippen LogP contribution >= 0.6 is 0 Å². The molecular formula is C20H27FN2O3. The van der Waals surface area contributed by atoms with Crippen LogP contribution in [0.4, 0.5) is 4.39 Å². The van der Waals surface area contributed by atoms with Gasteiger partial charge in [0.15, 0.2) is 11.6 Å². The van der Waals surface area contributed by atoms with Gasteiger partial charge in [0.2, 0.25) is 11.8 Å². The average Bonchev–Trinajstić information content (AvgIpc) is 2.84. The fourth-order valence-corrected chi connectivity index (χ4v) is 3.98. The van der Waals surface area contributed by atoms with Crippen molar-refractivity contribution in [3.05, 3.63) is 29.6 Å². The summed E-state index contributed by atoms with van der Waals surface area (Å²) in [5.41, 5.74) is 0.668. The van der Waals surface area contributed by atoms with E-state index in [0.29, 0.717) is 18.2 Å². The van der Waals surface area contributed by atoms with E-state index in [1.807, 2.05) is 4.90 Å².